The molecule has 1 amide bonds. The maximum Gasteiger partial charge on any atom is 0.273 e. The molecular weight excluding hydrogens is 360 g/mol. The van der Waals surface area contributed by atoms with Gasteiger partial charge in [-0.3, -0.25) is 9.69 Å². The van der Waals surface area contributed by atoms with Crippen LogP contribution in [0.25, 0.3) is 0 Å². The lowest BCUT2D eigenvalue weighted by molar-refractivity contribution is 0.0783. The molecule has 4 heterocycles. The Bertz CT molecular complexity index is 830. The number of thiazole rings is 1. The summed E-state index contributed by atoms with van der Waals surface area (Å²) in [6.45, 7) is 6.22. The summed E-state index contributed by atoms with van der Waals surface area (Å²) < 4.78 is 0. The summed E-state index contributed by atoms with van der Waals surface area (Å²) >= 11 is 1.72. The van der Waals surface area contributed by atoms with Gasteiger partial charge in [-0.25, -0.2) is 15.0 Å². The van der Waals surface area contributed by atoms with E-state index in [1.165, 1.54) is 5.01 Å². The Balaban J connectivity index is 1.59. The van der Waals surface area contributed by atoms with E-state index in [-0.39, 0.29) is 5.91 Å². The van der Waals surface area contributed by atoms with E-state index in [0.29, 0.717) is 18.2 Å². The molecule has 0 spiro atoms. The van der Waals surface area contributed by atoms with Gasteiger partial charge < -0.3 is 10.2 Å². The highest BCUT2D eigenvalue weighted by Crippen LogP contribution is 2.25. The second-order valence-electron chi connectivity index (χ2n) is 7.12. The lowest BCUT2D eigenvalue weighted by atomic mass is 10.0. The number of carbonyl (C=O) groups is 1. The third-order valence-corrected chi connectivity index (χ3v) is 6.29. The van der Waals surface area contributed by atoms with Crippen molar-refractivity contribution < 1.29 is 4.79 Å². The Morgan fingerprint density at radius 2 is 2.04 bits per heavy atom. The molecule has 2 aliphatic heterocycles. The zero-order valence-corrected chi connectivity index (χ0v) is 16.8. The first kappa shape index (κ1) is 18.3. The Morgan fingerprint density at radius 1 is 1.22 bits per heavy atom. The first-order chi connectivity index (χ1) is 13.2. The molecule has 2 aromatic rings. The third kappa shape index (κ3) is 3.82. The van der Waals surface area contributed by atoms with Crippen molar-refractivity contribution in [3.05, 3.63) is 33.0 Å². The van der Waals surface area contributed by atoms with E-state index in [2.05, 4.69) is 37.5 Å². The summed E-state index contributed by atoms with van der Waals surface area (Å²) in [6.07, 6.45) is 3.96. The quantitative estimate of drug-likeness (QED) is 0.850. The normalized spacial score (nSPS) is 17.2. The lowest BCUT2D eigenvalue weighted by Gasteiger charge is -2.29. The summed E-state index contributed by atoms with van der Waals surface area (Å²) in [7, 11) is 1.80. The summed E-state index contributed by atoms with van der Waals surface area (Å²) in [4.78, 5) is 31.2. The molecule has 4 rings (SSSR count). The Morgan fingerprint density at radius 3 is 2.74 bits per heavy atom. The molecule has 0 aromatic carbocycles. The van der Waals surface area contributed by atoms with Gasteiger partial charge in [-0.05, 0) is 19.3 Å². The van der Waals surface area contributed by atoms with E-state index in [4.69, 9.17) is 0 Å². The molecule has 1 fully saturated rings. The van der Waals surface area contributed by atoms with Crippen molar-refractivity contribution in [3.63, 3.8) is 0 Å². The number of hydrogen-bond donors (Lipinski definition) is 1. The van der Waals surface area contributed by atoms with Crippen LogP contribution < -0.4 is 5.32 Å². The van der Waals surface area contributed by atoms with Gasteiger partial charge in [0.1, 0.15) is 5.69 Å². The number of anilines is 1. The monoisotopic (exact) mass is 386 g/mol. The fraction of sp³-hybridized carbons (Fsp3) is 0.579. The Hall–Kier alpha value is -2.06. The summed E-state index contributed by atoms with van der Waals surface area (Å²) in [6, 6.07) is 0. The molecule has 8 heteroatoms. The van der Waals surface area contributed by atoms with Crippen molar-refractivity contribution in [1.29, 1.82) is 0 Å². The highest BCUT2D eigenvalue weighted by molar-refractivity contribution is 7.09. The second kappa shape index (κ2) is 7.90. The average molecular weight is 387 g/mol. The molecule has 27 heavy (non-hydrogen) atoms. The van der Waals surface area contributed by atoms with Crippen molar-refractivity contribution in [2.24, 2.45) is 0 Å². The van der Waals surface area contributed by atoms with Gasteiger partial charge in [-0.15, -0.1) is 11.3 Å². The number of aromatic nitrogens is 3. The van der Waals surface area contributed by atoms with E-state index in [0.717, 1.165) is 68.8 Å². The number of nitrogens with zero attached hydrogens (tertiary/aromatic N) is 5. The van der Waals surface area contributed by atoms with E-state index >= 15 is 0 Å². The molecule has 0 unspecified atom stereocenters. The van der Waals surface area contributed by atoms with Crippen LogP contribution in [0.1, 0.15) is 52.2 Å². The maximum absolute atomic E-state index is 13.1. The zero-order chi connectivity index (χ0) is 18.8. The Labute approximate surface area is 163 Å². The fourth-order valence-electron chi connectivity index (χ4n) is 3.78. The highest BCUT2D eigenvalue weighted by Gasteiger charge is 2.29. The number of nitrogens with one attached hydrogen (secondary N) is 1. The van der Waals surface area contributed by atoms with Crippen LogP contribution in [-0.2, 0) is 25.9 Å². The van der Waals surface area contributed by atoms with E-state index in [1.807, 2.05) is 4.90 Å². The van der Waals surface area contributed by atoms with Crippen molar-refractivity contribution >= 4 is 23.2 Å². The first-order valence-corrected chi connectivity index (χ1v) is 10.6. The number of fused-ring (bicyclic) bond motifs is 1. The summed E-state index contributed by atoms with van der Waals surface area (Å²) in [5.74, 6) is 0.586. The molecule has 1 N–H and O–H groups in total. The molecule has 144 valence electrons. The van der Waals surface area contributed by atoms with Gasteiger partial charge in [0.25, 0.3) is 5.91 Å². The molecule has 7 nitrogen and oxygen atoms in total. The van der Waals surface area contributed by atoms with E-state index in [9.17, 15) is 4.79 Å². The minimum atomic E-state index is 0.0476. The van der Waals surface area contributed by atoms with Crippen molar-refractivity contribution in [3.8, 4) is 0 Å². The zero-order valence-electron chi connectivity index (χ0n) is 16.0. The number of rotatable bonds is 5. The van der Waals surface area contributed by atoms with Crippen LogP contribution in [0, 0.1) is 0 Å². The van der Waals surface area contributed by atoms with Crippen molar-refractivity contribution in [2.45, 2.75) is 45.7 Å². The number of carbonyl (C=O) groups excluding carboxylic acids is 1. The molecule has 2 aromatic heterocycles. The maximum atomic E-state index is 13.1. The standard InChI is InChI=1S/C19H26N6OS/c1-3-16-21-13(12-27-16)10-24-9-6-15-14(11-24)17(23-19(20-2)22-15)18(26)25-7-4-5-8-25/h12H,3-11H2,1-2H3,(H,20,22,23). The van der Waals surface area contributed by atoms with Gasteiger partial charge in [0.2, 0.25) is 5.95 Å². The predicted molar refractivity (Wildman–Crippen MR) is 106 cm³/mol. The molecule has 0 radical (unpaired) electrons. The van der Waals surface area contributed by atoms with Gasteiger partial charge in [0.05, 0.1) is 16.4 Å². The predicted octanol–water partition coefficient (Wildman–Crippen LogP) is 2.33. The van der Waals surface area contributed by atoms with E-state index < -0.39 is 0 Å². The fourth-order valence-corrected chi connectivity index (χ4v) is 4.51. The van der Waals surface area contributed by atoms with Crippen molar-refractivity contribution in [1.82, 2.24) is 24.8 Å². The van der Waals surface area contributed by atoms with Gasteiger partial charge in [-0.1, -0.05) is 6.92 Å². The lowest BCUT2D eigenvalue weighted by Crippen LogP contribution is -2.36. The number of amides is 1. The van der Waals surface area contributed by atoms with Gasteiger partial charge in [-0.2, -0.15) is 0 Å². The average Bonchev–Trinajstić information content (AvgIpc) is 3.38. The van der Waals surface area contributed by atoms with Crippen LogP contribution in [0.15, 0.2) is 5.38 Å². The van der Waals surface area contributed by atoms with Crippen LogP contribution in [0.5, 0.6) is 0 Å². The Kier molecular flexibility index (Phi) is 5.36. The summed E-state index contributed by atoms with van der Waals surface area (Å²) in [5.41, 5.74) is 3.67. The van der Waals surface area contributed by atoms with Gasteiger partial charge >= 0.3 is 0 Å². The van der Waals surface area contributed by atoms with Gasteiger partial charge in [0.15, 0.2) is 0 Å². The summed E-state index contributed by atoms with van der Waals surface area (Å²) in [5, 5.41) is 6.33. The minimum absolute atomic E-state index is 0.0476. The largest absolute Gasteiger partial charge is 0.357 e. The number of likely N-dealkylation sites (tertiary alicyclic amines) is 1. The van der Waals surface area contributed by atoms with E-state index in [1.54, 1.807) is 18.4 Å². The number of hydrogen-bond acceptors (Lipinski definition) is 7. The number of aryl methyl sites for hydroxylation is 1. The third-order valence-electron chi connectivity index (χ3n) is 5.25. The molecule has 0 atom stereocenters. The van der Waals surface area contributed by atoms with Crippen molar-refractivity contribution in [2.75, 3.05) is 32.0 Å². The SMILES string of the molecule is CCc1nc(CN2CCc3nc(NC)nc(C(=O)N4CCCC4)c3C2)cs1. The van der Waals surface area contributed by atoms with Gasteiger partial charge in [0, 0.05) is 57.1 Å². The molecule has 0 bridgehead atoms. The minimum Gasteiger partial charge on any atom is -0.357 e. The van der Waals surface area contributed by atoms with Crippen LogP contribution in [-0.4, -0.2) is 57.3 Å². The molecule has 0 aliphatic carbocycles. The molecular formula is C19H26N6OS. The highest BCUT2D eigenvalue weighted by atomic mass is 32.1. The van der Waals surface area contributed by atoms with Crippen LogP contribution >= 0.6 is 11.3 Å². The topological polar surface area (TPSA) is 74.2 Å². The molecule has 1 saturated heterocycles. The van der Waals surface area contributed by atoms with Crippen LogP contribution in [0.4, 0.5) is 5.95 Å². The molecule has 2 aliphatic rings. The van der Waals surface area contributed by atoms with Crippen LogP contribution in [0.2, 0.25) is 0 Å². The first-order valence-electron chi connectivity index (χ1n) is 9.70. The van der Waals surface area contributed by atoms with Crippen LogP contribution in [0.3, 0.4) is 0 Å². The molecule has 0 saturated carbocycles. The smallest absolute Gasteiger partial charge is 0.273 e. The second-order valence-corrected chi connectivity index (χ2v) is 8.06.